The molecule has 172 valence electrons. The maximum atomic E-state index is 13.5. The van der Waals surface area contributed by atoms with E-state index in [0.29, 0.717) is 18.0 Å². The number of rotatable bonds is 4. The van der Waals surface area contributed by atoms with Crippen molar-refractivity contribution in [1.29, 1.82) is 0 Å². The number of nitrogens with zero attached hydrogens (tertiary/aromatic N) is 1. The molecule has 5 heteroatoms. The molecule has 1 heterocycles. The zero-order chi connectivity index (χ0) is 23.8. The Hall–Kier alpha value is -3.05. The number of nitrogen functional groups attached to an aromatic ring is 1. The van der Waals surface area contributed by atoms with Gasteiger partial charge in [0.2, 0.25) is 0 Å². The van der Waals surface area contributed by atoms with Crippen molar-refractivity contribution in [3.63, 3.8) is 0 Å². The third kappa shape index (κ3) is 4.69. The van der Waals surface area contributed by atoms with Crippen molar-refractivity contribution in [1.82, 2.24) is 0 Å². The molecule has 4 nitrogen and oxygen atoms in total. The van der Waals surface area contributed by atoms with Crippen LogP contribution in [-0.2, 0) is 6.42 Å². The second-order valence-corrected chi connectivity index (χ2v) is 15.1. The summed E-state index contributed by atoms with van der Waals surface area (Å²) in [5.41, 5.74) is 12.0. The first kappa shape index (κ1) is 23.1. The summed E-state index contributed by atoms with van der Waals surface area (Å²) in [5, 5.41) is 0.0845. The lowest BCUT2D eigenvalue weighted by Crippen LogP contribution is -2.44. The second kappa shape index (κ2) is 8.71. The van der Waals surface area contributed by atoms with Crippen LogP contribution in [0.5, 0.6) is 5.75 Å². The molecule has 33 heavy (non-hydrogen) atoms. The zero-order valence-corrected chi connectivity index (χ0v) is 21.3. The Kier molecular flexibility index (Phi) is 6.10. The molecule has 0 spiro atoms. The molecule has 0 atom stereocenters. The first-order chi connectivity index (χ1) is 15.6. The number of aryl methyl sites for hydroxylation is 1. The summed E-state index contributed by atoms with van der Waals surface area (Å²) in [7, 11) is -2.00. The highest BCUT2D eigenvalue weighted by Crippen LogP contribution is 2.40. The van der Waals surface area contributed by atoms with Crippen LogP contribution >= 0.6 is 0 Å². The lowest BCUT2D eigenvalue weighted by Gasteiger charge is -2.37. The predicted molar refractivity (Wildman–Crippen MR) is 141 cm³/mol. The van der Waals surface area contributed by atoms with Crippen LogP contribution in [0.3, 0.4) is 0 Å². The highest BCUT2D eigenvalue weighted by atomic mass is 28.4. The Labute approximate surface area is 198 Å². The summed E-state index contributed by atoms with van der Waals surface area (Å²) in [6, 6.07) is 22.2. The van der Waals surface area contributed by atoms with E-state index in [1.165, 1.54) is 5.56 Å². The molecule has 0 unspecified atom stereocenters. The van der Waals surface area contributed by atoms with Crippen molar-refractivity contribution < 1.29 is 9.22 Å². The smallest absolute Gasteiger partial charge is 0.258 e. The van der Waals surface area contributed by atoms with E-state index in [4.69, 9.17) is 10.2 Å². The molecule has 2 N–H and O–H groups in total. The van der Waals surface area contributed by atoms with E-state index in [0.717, 1.165) is 35.2 Å². The average molecular weight is 459 g/mol. The number of anilines is 2. The van der Waals surface area contributed by atoms with Crippen molar-refractivity contribution in [3.8, 4) is 16.9 Å². The van der Waals surface area contributed by atoms with Gasteiger partial charge < -0.3 is 15.1 Å². The van der Waals surface area contributed by atoms with Crippen LogP contribution in [0.2, 0.25) is 18.1 Å². The van der Waals surface area contributed by atoms with Gasteiger partial charge in [0, 0.05) is 17.8 Å². The van der Waals surface area contributed by atoms with Crippen molar-refractivity contribution in [3.05, 3.63) is 77.9 Å². The topological polar surface area (TPSA) is 55.6 Å². The molecule has 0 saturated heterocycles. The maximum absolute atomic E-state index is 13.5. The van der Waals surface area contributed by atoms with Gasteiger partial charge >= 0.3 is 0 Å². The SMILES string of the molecule is CC(C)(C)[Si](C)(C)Oc1ccc(N2CCCc3cc(-c4ccccc4)ccc3C2=O)cc1N. The van der Waals surface area contributed by atoms with E-state index in [-0.39, 0.29) is 10.9 Å². The Bertz CT molecular complexity index is 1170. The number of benzene rings is 3. The molecule has 3 aromatic rings. The van der Waals surface area contributed by atoms with E-state index in [9.17, 15) is 4.79 Å². The maximum Gasteiger partial charge on any atom is 0.258 e. The Morgan fingerprint density at radius 3 is 2.33 bits per heavy atom. The fraction of sp³-hybridized carbons (Fsp3) is 0.321. The van der Waals surface area contributed by atoms with Crippen LogP contribution in [0.1, 0.15) is 43.1 Å². The van der Waals surface area contributed by atoms with Gasteiger partial charge in [-0.1, -0.05) is 63.2 Å². The van der Waals surface area contributed by atoms with Gasteiger partial charge in [-0.15, -0.1) is 0 Å². The number of hydrogen-bond acceptors (Lipinski definition) is 3. The zero-order valence-electron chi connectivity index (χ0n) is 20.3. The molecule has 3 aromatic carbocycles. The van der Waals surface area contributed by atoms with E-state index in [1.54, 1.807) is 0 Å². The van der Waals surface area contributed by atoms with Crippen molar-refractivity contribution in [2.75, 3.05) is 17.2 Å². The fourth-order valence-electron chi connectivity index (χ4n) is 3.96. The molecule has 0 aromatic heterocycles. The van der Waals surface area contributed by atoms with E-state index >= 15 is 0 Å². The Balaban J connectivity index is 1.61. The fourth-order valence-corrected chi connectivity index (χ4v) is 5.01. The standard InChI is InChI=1S/C28H34N2O2Si/c1-28(2,3)33(4,5)32-26-16-14-23(19-25(26)29)30-17-9-12-22-18-21(13-15-24(22)27(30)31)20-10-7-6-8-11-20/h6-8,10-11,13-16,18-19H,9,12,17,29H2,1-5H3. The minimum Gasteiger partial charge on any atom is -0.542 e. The van der Waals surface area contributed by atoms with Crippen LogP contribution in [0.25, 0.3) is 11.1 Å². The van der Waals surface area contributed by atoms with Crippen LogP contribution < -0.4 is 15.1 Å². The summed E-state index contributed by atoms with van der Waals surface area (Å²) in [6.07, 6.45) is 1.78. The molecule has 0 fully saturated rings. The number of hydrogen-bond donors (Lipinski definition) is 1. The van der Waals surface area contributed by atoms with Crippen LogP contribution in [0.4, 0.5) is 11.4 Å². The number of carbonyl (C=O) groups excluding carboxylic acids is 1. The van der Waals surface area contributed by atoms with Gasteiger partial charge in [0.15, 0.2) is 0 Å². The molecule has 0 saturated carbocycles. The summed E-state index contributed by atoms with van der Waals surface area (Å²) >= 11 is 0. The summed E-state index contributed by atoms with van der Waals surface area (Å²) < 4.78 is 6.41. The third-order valence-electron chi connectivity index (χ3n) is 6.99. The van der Waals surface area contributed by atoms with E-state index < -0.39 is 8.32 Å². The highest BCUT2D eigenvalue weighted by Gasteiger charge is 2.39. The van der Waals surface area contributed by atoms with Gasteiger partial charge in [0.25, 0.3) is 14.2 Å². The van der Waals surface area contributed by atoms with Gasteiger partial charge in [0.05, 0.1) is 5.69 Å². The third-order valence-corrected chi connectivity index (χ3v) is 11.3. The molecule has 1 amide bonds. The summed E-state index contributed by atoms with van der Waals surface area (Å²) in [5.74, 6) is 0.736. The molecule has 1 aliphatic heterocycles. The summed E-state index contributed by atoms with van der Waals surface area (Å²) in [6.45, 7) is 11.7. The van der Waals surface area contributed by atoms with Crippen LogP contribution in [-0.4, -0.2) is 20.8 Å². The lowest BCUT2D eigenvalue weighted by atomic mass is 9.97. The number of fused-ring (bicyclic) bond motifs is 1. The van der Waals surface area contributed by atoms with Gasteiger partial charge in [-0.25, -0.2) is 0 Å². The first-order valence-electron chi connectivity index (χ1n) is 11.7. The van der Waals surface area contributed by atoms with Gasteiger partial charge in [-0.2, -0.15) is 0 Å². The molecular weight excluding hydrogens is 424 g/mol. The molecule has 0 radical (unpaired) electrons. The second-order valence-electron chi connectivity index (χ2n) is 10.4. The first-order valence-corrected chi connectivity index (χ1v) is 14.6. The molecule has 1 aliphatic rings. The van der Waals surface area contributed by atoms with Gasteiger partial charge in [-0.3, -0.25) is 4.79 Å². The monoisotopic (exact) mass is 458 g/mol. The number of amides is 1. The van der Waals surface area contributed by atoms with Gasteiger partial charge in [-0.05, 0) is 71.9 Å². The van der Waals surface area contributed by atoms with E-state index in [2.05, 4.69) is 52.1 Å². The Morgan fingerprint density at radius 2 is 1.67 bits per heavy atom. The predicted octanol–water partition coefficient (Wildman–Crippen LogP) is 6.91. The van der Waals surface area contributed by atoms with Crippen molar-refractivity contribution >= 4 is 25.6 Å². The van der Waals surface area contributed by atoms with E-state index in [1.807, 2.05) is 53.4 Å². The highest BCUT2D eigenvalue weighted by molar-refractivity contribution is 6.74. The van der Waals surface area contributed by atoms with Gasteiger partial charge in [0.1, 0.15) is 5.75 Å². The largest absolute Gasteiger partial charge is 0.542 e. The molecular formula is C28H34N2O2Si. The average Bonchev–Trinajstić information content (AvgIpc) is 2.93. The normalized spacial score (nSPS) is 14.6. The molecule has 0 bridgehead atoms. The minimum absolute atomic E-state index is 0.0274. The quantitative estimate of drug-likeness (QED) is 0.341. The lowest BCUT2D eigenvalue weighted by molar-refractivity contribution is 0.0988. The summed E-state index contributed by atoms with van der Waals surface area (Å²) in [4.78, 5) is 15.3. The minimum atomic E-state index is -2.00. The Morgan fingerprint density at radius 1 is 0.939 bits per heavy atom. The van der Waals surface area contributed by atoms with Crippen LogP contribution in [0, 0.1) is 0 Å². The number of nitrogens with two attached hydrogens (primary N) is 1. The number of carbonyl (C=O) groups is 1. The molecule has 4 rings (SSSR count). The van der Waals surface area contributed by atoms with Crippen molar-refractivity contribution in [2.45, 2.75) is 51.7 Å². The van der Waals surface area contributed by atoms with Crippen LogP contribution in [0.15, 0.2) is 66.7 Å². The van der Waals surface area contributed by atoms with Crippen molar-refractivity contribution in [2.24, 2.45) is 0 Å². The molecule has 0 aliphatic carbocycles.